The highest BCUT2D eigenvalue weighted by Crippen LogP contribution is 2.75. The van der Waals surface area contributed by atoms with E-state index in [2.05, 4.69) is 70.2 Å². The normalized spacial score (nSPS) is 42.6. The number of rotatable bonds is 7. The van der Waals surface area contributed by atoms with E-state index >= 15 is 0 Å². The second-order valence-electron chi connectivity index (χ2n) is 20.7. The van der Waals surface area contributed by atoms with Gasteiger partial charge in [0.05, 0.1) is 37.0 Å². The summed E-state index contributed by atoms with van der Waals surface area (Å²) < 4.78 is 23.7. The van der Waals surface area contributed by atoms with Gasteiger partial charge in [-0.3, -0.25) is 19.2 Å². The summed E-state index contributed by atoms with van der Waals surface area (Å²) >= 11 is 0. The molecule has 1 aromatic heterocycles. The molecule has 6 aliphatic rings. The number of esters is 3. The van der Waals surface area contributed by atoms with Crippen molar-refractivity contribution in [3.8, 4) is 0 Å². The van der Waals surface area contributed by atoms with Gasteiger partial charge in [-0.2, -0.15) is 0 Å². The number of ether oxygens (including phenoxy) is 4. The highest BCUT2D eigenvalue weighted by molar-refractivity contribution is 5.85. The third-order valence-corrected chi connectivity index (χ3v) is 16.7. The highest BCUT2D eigenvalue weighted by Gasteiger charge is 2.71. The average molecular weight is 811 g/mol. The zero-order chi connectivity index (χ0) is 42.4. The molecule has 5 fully saturated rings. The molecule has 0 radical (unpaired) electrons. The van der Waals surface area contributed by atoms with E-state index in [1.807, 2.05) is 0 Å². The van der Waals surface area contributed by atoms with Gasteiger partial charge in [0.25, 0.3) is 0 Å². The summed E-state index contributed by atoms with van der Waals surface area (Å²) in [6.45, 7) is 19.9. The highest BCUT2D eigenvalue weighted by atomic mass is 16.6. The third-order valence-electron chi connectivity index (χ3n) is 16.7. The molecule has 13 atom stereocenters. The Morgan fingerprint density at radius 2 is 1.52 bits per heavy atom. The van der Waals surface area contributed by atoms with Crippen LogP contribution in [0.4, 0.5) is 0 Å². The molecule has 14 nitrogen and oxygen atoms in total. The first kappa shape index (κ1) is 42.8. The Bertz CT molecular complexity index is 1840. The molecule has 14 heteroatoms. The van der Waals surface area contributed by atoms with Gasteiger partial charge in [0, 0.05) is 20.8 Å². The molecule has 58 heavy (non-hydrogen) atoms. The molecule has 1 amide bonds. The van der Waals surface area contributed by atoms with E-state index in [9.17, 15) is 29.4 Å². The molecular formula is C44H66N4O10. The Morgan fingerprint density at radius 3 is 2.19 bits per heavy atom. The van der Waals surface area contributed by atoms with Crippen molar-refractivity contribution in [2.24, 2.45) is 50.2 Å². The molecule has 1 aromatic rings. The van der Waals surface area contributed by atoms with Crippen LogP contribution < -0.4 is 5.32 Å². The van der Waals surface area contributed by atoms with Gasteiger partial charge in [0.1, 0.15) is 5.69 Å². The maximum absolute atomic E-state index is 14.8. The van der Waals surface area contributed by atoms with Crippen molar-refractivity contribution in [2.75, 3.05) is 6.61 Å². The van der Waals surface area contributed by atoms with Crippen molar-refractivity contribution < 1.29 is 48.3 Å². The number of carbonyl (C=O) groups excluding carboxylic acids is 4. The van der Waals surface area contributed by atoms with Crippen LogP contribution in [0.1, 0.15) is 139 Å². The Morgan fingerprint density at radius 1 is 0.845 bits per heavy atom. The predicted molar refractivity (Wildman–Crippen MR) is 210 cm³/mol. The molecule has 4 saturated carbocycles. The van der Waals surface area contributed by atoms with Gasteiger partial charge in [-0.15, -0.1) is 5.10 Å². The number of nitrogens with zero attached hydrogens (tertiary/aromatic N) is 3. The van der Waals surface area contributed by atoms with E-state index in [1.54, 1.807) is 6.20 Å². The van der Waals surface area contributed by atoms with Crippen LogP contribution in [0.3, 0.4) is 0 Å². The van der Waals surface area contributed by atoms with Crippen molar-refractivity contribution in [1.82, 2.24) is 20.3 Å². The van der Waals surface area contributed by atoms with E-state index in [0.717, 1.165) is 44.9 Å². The van der Waals surface area contributed by atoms with Gasteiger partial charge in [-0.05, 0) is 103 Å². The minimum Gasteiger partial charge on any atom is -0.456 e. The summed E-state index contributed by atoms with van der Waals surface area (Å²) in [5.74, 6) is -1.48. The van der Waals surface area contributed by atoms with Gasteiger partial charge in [-0.25, -0.2) is 4.68 Å². The van der Waals surface area contributed by atoms with E-state index in [1.165, 1.54) is 31.0 Å². The predicted octanol–water partition coefficient (Wildman–Crippen LogP) is 5.35. The van der Waals surface area contributed by atoms with Gasteiger partial charge < -0.3 is 34.5 Å². The molecule has 2 heterocycles. The number of hydrogen-bond acceptors (Lipinski definition) is 12. The fourth-order valence-corrected chi connectivity index (χ4v) is 13.5. The Balaban J connectivity index is 1.15. The number of amides is 1. The fraction of sp³-hybridized carbons (Fsp3) is 0.818. The molecule has 3 N–H and O–H groups in total. The Hall–Kier alpha value is -3.36. The smallest absolute Gasteiger partial charge is 0.303 e. The second kappa shape index (κ2) is 14.7. The monoisotopic (exact) mass is 810 g/mol. The zero-order valence-corrected chi connectivity index (χ0v) is 36.1. The van der Waals surface area contributed by atoms with Crippen LogP contribution in [0, 0.1) is 50.2 Å². The summed E-state index contributed by atoms with van der Waals surface area (Å²) in [5, 5.41) is 35.4. The number of aliphatic hydroxyl groups excluding tert-OH is 2. The summed E-state index contributed by atoms with van der Waals surface area (Å²) in [6, 6.07) is 0. The van der Waals surface area contributed by atoms with Crippen molar-refractivity contribution in [1.29, 1.82) is 0 Å². The van der Waals surface area contributed by atoms with E-state index in [-0.39, 0.29) is 58.2 Å². The number of aromatic nitrogens is 3. The molecule has 7 rings (SSSR count). The maximum Gasteiger partial charge on any atom is 0.303 e. The lowest BCUT2D eigenvalue weighted by atomic mass is 9.33. The quantitative estimate of drug-likeness (QED) is 0.182. The lowest BCUT2D eigenvalue weighted by molar-refractivity contribution is -0.241. The molecule has 1 saturated heterocycles. The molecule has 0 aromatic carbocycles. The van der Waals surface area contributed by atoms with E-state index in [0.29, 0.717) is 30.4 Å². The second-order valence-corrected chi connectivity index (χ2v) is 20.7. The van der Waals surface area contributed by atoms with Crippen LogP contribution in [0.15, 0.2) is 17.8 Å². The van der Waals surface area contributed by atoms with Crippen LogP contribution >= 0.6 is 0 Å². The van der Waals surface area contributed by atoms with Gasteiger partial charge in [0.2, 0.25) is 5.91 Å². The lowest BCUT2D eigenvalue weighted by Gasteiger charge is -2.71. The minimum absolute atomic E-state index is 0.0161. The topological polar surface area (TPSA) is 188 Å². The molecule has 322 valence electrons. The Kier molecular flexibility index (Phi) is 10.8. The fourth-order valence-electron chi connectivity index (χ4n) is 13.5. The van der Waals surface area contributed by atoms with Gasteiger partial charge in [0.15, 0.2) is 24.5 Å². The van der Waals surface area contributed by atoms with Gasteiger partial charge in [-0.1, -0.05) is 65.3 Å². The summed E-state index contributed by atoms with van der Waals surface area (Å²) in [4.78, 5) is 51.0. The van der Waals surface area contributed by atoms with E-state index < -0.39 is 54.0 Å². The first-order chi connectivity index (χ1) is 27.0. The van der Waals surface area contributed by atoms with Crippen LogP contribution in [0.2, 0.25) is 0 Å². The number of nitrogens with one attached hydrogen (secondary N) is 1. The number of hydrogen-bond donors (Lipinski definition) is 3. The van der Waals surface area contributed by atoms with Gasteiger partial charge >= 0.3 is 17.9 Å². The first-order valence-electron chi connectivity index (χ1n) is 21.4. The molecule has 5 aliphatic carbocycles. The summed E-state index contributed by atoms with van der Waals surface area (Å²) in [7, 11) is 0. The Labute approximate surface area is 342 Å². The molecular weight excluding hydrogens is 745 g/mol. The number of fused-ring (bicyclic) bond motifs is 7. The largest absolute Gasteiger partial charge is 0.456 e. The van der Waals surface area contributed by atoms with E-state index in [4.69, 9.17) is 18.9 Å². The lowest BCUT2D eigenvalue weighted by Crippen LogP contribution is -2.68. The summed E-state index contributed by atoms with van der Waals surface area (Å²) in [5.41, 5.74) is 0.224. The van der Waals surface area contributed by atoms with Crippen molar-refractivity contribution in [3.63, 3.8) is 0 Å². The van der Waals surface area contributed by atoms with Crippen LogP contribution in [-0.2, 0) is 44.7 Å². The standard InChI is InChI=1S/C44H66N4O10/c1-24(49)56-30-23-55-37(36(58-26(3)51)35(30)57-25(2)50)48-22-27(46-47-48)21-45-38(54)44-18-17-39(4,5)19-29(44)28-11-12-32-41(8)15-14-33(52)40(6,7)31(41)13-16-42(32,9)43(28,10)20-34(44)53/h11,22,29-37,52-53H,12-21,23H2,1-10H3,(H,45,54)/t29?,30-,31?,32?,33-,34+,35+,36+,37-,41-,42+,43+,44+/m0/s1. The number of carbonyl (C=O) groups is 4. The van der Waals surface area contributed by atoms with Crippen molar-refractivity contribution in [2.45, 2.75) is 170 Å². The van der Waals surface area contributed by atoms with Crippen LogP contribution in [0.25, 0.3) is 0 Å². The number of allylic oxidation sites excluding steroid dienone is 2. The molecule has 0 bridgehead atoms. The van der Waals surface area contributed by atoms with Crippen LogP contribution in [0.5, 0.6) is 0 Å². The van der Waals surface area contributed by atoms with Crippen LogP contribution in [-0.4, -0.2) is 86.1 Å². The summed E-state index contributed by atoms with van der Waals surface area (Å²) in [6.07, 6.45) is 5.85. The minimum atomic E-state index is -1.22. The average Bonchev–Trinajstić information content (AvgIpc) is 3.59. The molecule has 0 spiro atoms. The molecule has 1 aliphatic heterocycles. The third kappa shape index (κ3) is 6.71. The number of aliphatic hydroxyl groups is 2. The van der Waals surface area contributed by atoms with Crippen molar-refractivity contribution in [3.05, 3.63) is 23.5 Å². The van der Waals surface area contributed by atoms with Crippen molar-refractivity contribution >= 4 is 23.8 Å². The SMILES string of the molecule is CC(=O)O[C@@H]1[C@H](OC(C)=O)[C@@H](OC(C)=O)CO[C@@H]1n1cc(CNC(=O)[C@]23CCC(C)(C)CC2C2=CCC4[C@@]5(C)CC[C@H](O)C(C)(C)C5CC[C@@]4(C)[C@]2(C)C[C@H]3O)nn1. The maximum atomic E-state index is 14.8. The molecule has 3 unspecified atom stereocenters. The first-order valence-corrected chi connectivity index (χ1v) is 21.4. The zero-order valence-electron chi connectivity index (χ0n) is 36.1.